The second kappa shape index (κ2) is 6.21. The van der Waals surface area contributed by atoms with Gasteiger partial charge in [-0.3, -0.25) is 4.79 Å². The summed E-state index contributed by atoms with van der Waals surface area (Å²) < 4.78 is 0. The van der Waals surface area contributed by atoms with E-state index >= 15 is 0 Å². The van der Waals surface area contributed by atoms with Crippen LogP contribution in [0.4, 0.5) is 0 Å². The van der Waals surface area contributed by atoms with Crippen molar-refractivity contribution < 1.29 is 4.79 Å². The number of nitrogens with one attached hydrogen (secondary N) is 1. The molecule has 0 saturated carbocycles. The third-order valence-corrected chi connectivity index (χ3v) is 3.34. The number of hydrogen-bond donors (Lipinski definition) is 1. The molecule has 0 aliphatic carbocycles. The quantitative estimate of drug-likeness (QED) is 0.738. The van der Waals surface area contributed by atoms with E-state index in [1.165, 1.54) is 19.5 Å². The molecule has 0 radical (unpaired) electrons. The van der Waals surface area contributed by atoms with Gasteiger partial charge < -0.3 is 15.1 Å². The number of likely N-dealkylation sites (N-methyl/N-ethyl adjacent to an activating group) is 1. The van der Waals surface area contributed by atoms with Crippen LogP contribution < -0.4 is 5.32 Å². The maximum atomic E-state index is 11.6. The monoisotopic (exact) mass is 227 g/mol. The lowest BCUT2D eigenvalue weighted by Gasteiger charge is -2.20. The Balaban J connectivity index is 2.22. The summed E-state index contributed by atoms with van der Waals surface area (Å²) in [5.41, 5.74) is 0. The van der Waals surface area contributed by atoms with E-state index in [-0.39, 0.29) is 11.9 Å². The average molecular weight is 227 g/mol. The van der Waals surface area contributed by atoms with E-state index in [2.05, 4.69) is 17.1 Å². The SMILES string of the molecule is CCN1CCC(CNC(C)C(=O)N(C)C)C1. The summed E-state index contributed by atoms with van der Waals surface area (Å²) in [5, 5.41) is 3.33. The lowest BCUT2D eigenvalue weighted by molar-refractivity contribution is -0.130. The largest absolute Gasteiger partial charge is 0.347 e. The van der Waals surface area contributed by atoms with Gasteiger partial charge in [-0.05, 0) is 38.9 Å². The molecule has 1 aliphatic heterocycles. The van der Waals surface area contributed by atoms with Crippen molar-refractivity contribution >= 4 is 5.91 Å². The number of carbonyl (C=O) groups excluding carboxylic acids is 1. The Kier molecular flexibility index (Phi) is 5.22. The lowest BCUT2D eigenvalue weighted by Crippen LogP contribution is -2.43. The van der Waals surface area contributed by atoms with Gasteiger partial charge in [0.2, 0.25) is 5.91 Å². The molecule has 16 heavy (non-hydrogen) atoms. The minimum Gasteiger partial charge on any atom is -0.347 e. The van der Waals surface area contributed by atoms with E-state index in [4.69, 9.17) is 0 Å². The molecule has 1 aliphatic rings. The second-order valence-electron chi connectivity index (χ2n) is 4.91. The van der Waals surface area contributed by atoms with Crippen LogP contribution in [0.1, 0.15) is 20.3 Å². The first-order valence-electron chi connectivity index (χ1n) is 6.21. The van der Waals surface area contributed by atoms with Crippen molar-refractivity contribution in [1.29, 1.82) is 0 Å². The zero-order valence-corrected chi connectivity index (χ0v) is 11.0. The molecule has 0 bridgehead atoms. The van der Waals surface area contributed by atoms with Gasteiger partial charge in [0.15, 0.2) is 0 Å². The molecular weight excluding hydrogens is 202 g/mol. The van der Waals surface area contributed by atoms with Crippen molar-refractivity contribution in [3.63, 3.8) is 0 Å². The summed E-state index contributed by atoms with van der Waals surface area (Å²) >= 11 is 0. The lowest BCUT2D eigenvalue weighted by atomic mass is 10.1. The van der Waals surface area contributed by atoms with E-state index in [9.17, 15) is 4.79 Å². The molecule has 0 spiro atoms. The van der Waals surface area contributed by atoms with Crippen LogP contribution in [0.15, 0.2) is 0 Å². The first-order valence-corrected chi connectivity index (χ1v) is 6.21. The Morgan fingerprint density at radius 3 is 2.75 bits per heavy atom. The van der Waals surface area contributed by atoms with Crippen LogP contribution in [0.5, 0.6) is 0 Å². The van der Waals surface area contributed by atoms with Crippen LogP contribution >= 0.6 is 0 Å². The minimum absolute atomic E-state index is 0.0642. The molecule has 0 aromatic rings. The van der Waals surface area contributed by atoms with Crippen LogP contribution in [-0.2, 0) is 4.79 Å². The summed E-state index contributed by atoms with van der Waals surface area (Å²) in [6.07, 6.45) is 1.25. The van der Waals surface area contributed by atoms with Gasteiger partial charge in [-0.25, -0.2) is 0 Å². The summed E-state index contributed by atoms with van der Waals surface area (Å²) in [7, 11) is 3.60. The van der Waals surface area contributed by atoms with Crippen molar-refractivity contribution in [3.8, 4) is 0 Å². The number of nitrogens with zero attached hydrogens (tertiary/aromatic N) is 2. The number of rotatable bonds is 5. The van der Waals surface area contributed by atoms with Crippen LogP contribution in [0, 0.1) is 5.92 Å². The molecule has 1 amide bonds. The van der Waals surface area contributed by atoms with Crippen LogP contribution in [-0.4, -0.2) is 62.0 Å². The summed E-state index contributed by atoms with van der Waals surface area (Å²) in [6, 6.07) is -0.0642. The molecule has 1 rings (SSSR count). The molecule has 2 atom stereocenters. The Bertz CT molecular complexity index is 230. The molecule has 1 N–H and O–H groups in total. The number of amides is 1. The Morgan fingerprint density at radius 2 is 2.25 bits per heavy atom. The molecular formula is C12H25N3O. The predicted molar refractivity (Wildman–Crippen MR) is 66.4 cm³/mol. The predicted octanol–water partition coefficient (Wildman–Crippen LogP) is 0.395. The highest BCUT2D eigenvalue weighted by Gasteiger charge is 2.22. The van der Waals surface area contributed by atoms with Crippen molar-refractivity contribution in [2.45, 2.75) is 26.3 Å². The van der Waals surface area contributed by atoms with Gasteiger partial charge in [-0.1, -0.05) is 6.92 Å². The van der Waals surface area contributed by atoms with E-state index in [0.29, 0.717) is 5.92 Å². The number of hydrogen-bond acceptors (Lipinski definition) is 3. The molecule has 1 heterocycles. The maximum absolute atomic E-state index is 11.6. The Hall–Kier alpha value is -0.610. The number of carbonyl (C=O) groups is 1. The van der Waals surface area contributed by atoms with E-state index < -0.39 is 0 Å². The molecule has 94 valence electrons. The fourth-order valence-electron chi connectivity index (χ4n) is 2.18. The smallest absolute Gasteiger partial charge is 0.238 e. The molecule has 0 aromatic carbocycles. The topological polar surface area (TPSA) is 35.6 Å². The summed E-state index contributed by atoms with van der Waals surface area (Å²) in [6.45, 7) is 8.62. The van der Waals surface area contributed by atoms with E-state index in [1.54, 1.807) is 19.0 Å². The maximum Gasteiger partial charge on any atom is 0.238 e. The van der Waals surface area contributed by atoms with Gasteiger partial charge in [-0.15, -0.1) is 0 Å². The summed E-state index contributed by atoms with van der Waals surface area (Å²) in [4.78, 5) is 15.7. The Labute approximate surface area is 99.0 Å². The fourth-order valence-corrected chi connectivity index (χ4v) is 2.18. The number of likely N-dealkylation sites (tertiary alicyclic amines) is 1. The van der Waals surface area contributed by atoms with Crippen molar-refractivity contribution in [2.24, 2.45) is 5.92 Å². The van der Waals surface area contributed by atoms with Crippen LogP contribution in [0.2, 0.25) is 0 Å². The van der Waals surface area contributed by atoms with Crippen molar-refractivity contribution in [3.05, 3.63) is 0 Å². The first-order chi connectivity index (χ1) is 7.54. The fraction of sp³-hybridized carbons (Fsp3) is 0.917. The Morgan fingerprint density at radius 1 is 1.56 bits per heavy atom. The standard InChI is InChI=1S/C12H25N3O/c1-5-15-7-6-11(9-15)8-13-10(2)12(16)14(3)4/h10-11,13H,5-9H2,1-4H3. The van der Waals surface area contributed by atoms with Gasteiger partial charge >= 0.3 is 0 Å². The molecule has 1 saturated heterocycles. The zero-order chi connectivity index (χ0) is 12.1. The molecule has 0 aromatic heterocycles. The van der Waals surface area contributed by atoms with Crippen molar-refractivity contribution in [1.82, 2.24) is 15.1 Å². The highest BCUT2D eigenvalue weighted by Crippen LogP contribution is 2.14. The molecule has 4 heteroatoms. The minimum atomic E-state index is -0.0642. The highest BCUT2D eigenvalue weighted by molar-refractivity contribution is 5.80. The average Bonchev–Trinajstić information content (AvgIpc) is 2.72. The molecule has 2 unspecified atom stereocenters. The third kappa shape index (κ3) is 3.76. The molecule has 4 nitrogen and oxygen atoms in total. The van der Waals surface area contributed by atoms with Crippen molar-refractivity contribution in [2.75, 3.05) is 40.3 Å². The normalized spacial score (nSPS) is 23.4. The zero-order valence-electron chi connectivity index (χ0n) is 11.0. The van der Waals surface area contributed by atoms with Crippen LogP contribution in [0.25, 0.3) is 0 Å². The van der Waals surface area contributed by atoms with E-state index in [1.807, 2.05) is 6.92 Å². The summed E-state index contributed by atoms with van der Waals surface area (Å²) in [5.74, 6) is 0.864. The van der Waals surface area contributed by atoms with Crippen LogP contribution in [0.3, 0.4) is 0 Å². The second-order valence-corrected chi connectivity index (χ2v) is 4.91. The van der Waals surface area contributed by atoms with Gasteiger partial charge in [-0.2, -0.15) is 0 Å². The van der Waals surface area contributed by atoms with Gasteiger partial charge in [0.1, 0.15) is 0 Å². The van der Waals surface area contributed by atoms with E-state index in [0.717, 1.165) is 13.1 Å². The highest BCUT2D eigenvalue weighted by atomic mass is 16.2. The van der Waals surface area contributed by atoms with Gasteiger partial charge in [0.05, 0.1) is 6.04 Å². The van der Waals surface area contributed by atoms with Gasteiger partial charge in [0.25, 0.3) is 0 Å². The van der Waals surface area contributed by atoms with Gasteiger partial charge in [0, 0.05) is 20.6 Å². The molecule has 1 fully saturated rings. The third-order valence-electron chi connectivity index (χ3n) is 3.34. The first kappa shape index (κ1) is 13.5.